The molecule has 2 heterocycles. The van der Waals surface area contributed by atoms with E-state index in [0.29, 0.717) is 0 Å². The number of ketones is 1. The Morgan fingerprint density at radius 3 is 2.72 bits per heavy atom. The molecule has 2 aliphatic rings. The number of rotatable bonds is 5. The summed E-state index contributed by atoms with van der Waals surface area (Å²) < 4.78 is 2.00. The summed E-state index contributed by atoms with van der Waals surface area (Å²) in [6.45, 7) is 7.73. The van der Waals surface area contributed by atoms with Crippen LogP contribution < -0.4 is 0 Å². The molecule has 2 aliphatic carbocycles. The molecular formula is C31H28N4O. The first-order valence-corrected chi connectivity index (χ1v) is 12.3. The lowest BCUT2D eigenvalue weighted by atomic mass is 9.66. The van der Waals surface area contributed by atoms with Crippen LogP contribution >= 0.6 is 0 Å². The van der Waals surface area contributed by atoms with E-state index in [0.717, 1.165) is 46.6 Å². The molecule has 3 unspecified atom stereocenters. The molecular weight excluding hydrogens is 444 g/mol. The molecule has 36 heavy (non-hydrogen) atoms. The van der Waals surface area contributed by atoms with Gasteiger partial charge in [0, 0.05) is 35.4 Å². The Morgan fingerprint density at radius 2 is 2.06 bits per heavy atom. The van der Waals surface area contributed by atoms with Gasteiger partial charge in [0.1, 0.15) is 6.07 Å². The Hall–Kier alpha value is -4.30. The third-order valence-electron chi connectivity index (χ3n) is 7.41. The third-order valence-corrected chi connectivity index (χ3v) is 7.41. The fourth-order valence-electron chi connectivity index (χ4n) is 5.54. The van der Waals surface area contributed by atoms with Crippen molar-refractivity contribution in [3.63, 3.8) is 0 Å². The Morgan fingerprint density at radius 1 is 1.25 bits per heavy atom. The molecule has 0 saturated heterocycles. The highest BCUT2D eigenvalue weighted by molar-refractivity contribution is 6.01. The number of fused-ring (bicyclic) bond motifs is 3. The lowest BCUT2D eigenvalue weighted by Crippen LogP contribution is -2.34. The van der Waals surface area contributed by atoms with E-state index in [1.54, 1.807) is 12.3 Å². The molecule has 2 aromatic heterocycles. The number of nitriles is 1. The van der Waals surface area contributed by atoms with Crippen LogP contribution in [0, 0.1) is 23.2 Å². The summed E-state index contributed by atoms with van der Waals surface area (Å²) in [5.74, 6) is -0.124. The van der Waals surface area contributed by atoms with Crippen LogP contribution in [-0.2, 0) is 11.2 Å². The molecule has 178 valence electrons. The minimum absolute atomic E-state index is 0.0463. The number of hydrogen-bond donors (Lipinski definition) is 0. The normalized spacial score (nSPS) is 21.5. The number of benzene rings is 1. The predicted octanol–water partition coefficient (Wildman–Crippen LogP) is 6.39. The molecule has 0 fully saturated rings. The third kappa shape index (κ3) is 3.95. The molecule has 0 aliphatic heterocycles. The number of hydrogen-bond acceptors (Lipinski definition) is 4. The number of aromatic nitrogens is 3. The summed E-state index contributed by atoms with van der Waals surface area (Å²) in [4.78, 5) is 17.0. The van der Waals surface area contributed by atoms with Gasteiger partial charge in [-0.25, -0.2) is 4.68 Å². The van der Waals surface area contributed by atoms with Gasteiger partial charge < -0.3 is 0 Å². The smallest absolute Gasteiger partial charge is 0.176 e. The first kappa shape index (κ1) is 23.4. The van der Waals surface area contributed by atoms with Crippen molar-refractivity contribution in [3.8, 4) is 23.0 Å². The SMILES string of the molecule is C=C/C=C\C(=C/C)c1ccc(-n2nc3c(c2-c2cccnc2)CCC2C(C)C(=O)C(C#N)=CC32)cc1. The van der Waals surface area contributed by atoms with Crippen LogP contribution in [0.15, 0.2) is 91.3 Å². The Balaban J connectivity index is 1.66. The van der Waals surface area contributed by atoms with Gasteiger partial charge in [0.15, 0.2) is 5.78 Å². The summed E-state index contributed by atoms with van der Waals surface area (Å²) >= 11 is 0. The van der Waals surface area contributed by atoms with Gasteiger partial charge >= 0.3 is 0 Å². The second kappa shape index (κ2) is 9.75. The van der Waals surface area contributed by atoms with Crippen LogP contribution in [0.3, 0.4) is 0 Å². The van der Waals surface area contributed by atoms with Crippen LogP contribution in [0.4, 0.5) is 0 Å². The summed E-state index contributed by atoms with van der Waals surface area (Å²) in [6.07, 6.45) is 15.0. The van der Waals surface area contributed by atoms with Gasteiger partial charge in [-0.2, -0.15) is 10.4 Å². The number of pyridine rings is 1. The van der Waals surface area contributed by atoms with E-state index in [4.69, 9.17) is 5.10 Å². The highest BCUT2D eigenvalue weighted by atomic mass is 16.1. The van der Waals surface area contributed by atoms with Gasteiger partial charge in [-0.3, -0.25) is 9.78 Å². The van der Waals surface area contributed by atoms with Gasteiger partial charge in [-0.05, 0) is 61.1 Å². The van der Waals surface area contributed by atoms with E-state index < -0.39 is 0 Å². The minimum Gasteiger partial charge on any atom is -0.293 e. The standard InChI is InChI=1S/C31H28N4O/c1-4-6-8-21(5-2)22-10-12-25(13-11-22)35-30(23-9-7-16-33-19-23)27-15-14-26-20(3)31(36)24(18-32)17-28(26)29(27)34-35/h4-13,16-17,19-20,26,28H,1,14-15H2,2-3H3/b8-6-,21-5+. The van der Waals surface area contributed by atoms with Crippen molar-refractivity contribution in [2.24, 2.45) is 11.8 Å². The molecule has 0 saturated carbocycles. The maximum atomic E-state index is 12.7. The monoisotopic (exact) mass is 472 g/mol. The zero-order chi connectivity index (χ0) is 25.2. The van der Waals surface area contributed by atoms with E-state index in [-0.39, 0.29) is 29.1 Å². The zero-order valence-corrected chi connectivity index (χ0v) is 20.6. The Bertz CT molecular complexity index is 1450. The summed E-state index contributed by atoms with van der Waals surface area (Å²) in [5, 5.41) is 14.7. The molecule has 5 nitrogen and oxygen atoms in total. The lowest BCUT2D eigenvalue weighted by Gasteiger charge is -2.36. The van der Waals surface area contributed by atoms with Crippen LogP contribution in [-0.4, -0.2) is 20.5 Å². The topological polar surface area (TPSA) is 71.6 Å². The molecule has 5 rings (SSSR count). The highest BCUT2D eigenvalue weighted by Crippen LogP contribution is 2.47. The summed E-state index contributed by atoms with van der Waals surface area (Å²) in [5.41, 5.74) is 7.60. The maximum absolute atomic E-state index is 12.7. The molecule has 5 heteroatoms. The zero-order valence-electron chi connectivity index (χ0n) is 20.6. The first-order chi connectivity index (χ1) is 17.6. The van der Waals surface area contributed by atoms with E-state index in [1.807, 2.05) is 49.0 Å². The second-order valence-corrected chi connectivity index (χ2v) is 9.32. The van der Waals surface area contributed by atoms with Crippen LogP contribution in [0.25, 0.3) is 22.5 Å². The average Bonchev–Trinajstić information content (AvgIpc) is 3.32. The highest BCUT2D eigenvalue weighted by Gasteiger charge is 2.42. The number of Topliss-reactive ketones (excluding diaryl/α,β-unsaturated/α-hetero) is 1. The van der Waals surface area contributed by atoms with Crippen molar-refractivity contribution in [2.75, 3.05) is 0 Å². The van der Waals surface area contributed by atoms with Crippen LogP contribution in [0.5, 0.6) is 0 Å². The number of carbonyl (C=O) groups is 1. The van der Waals surface area contributed by atoms with E-state index in [1.165, 1.54) is 5.56 Å². The second-order valence-electron chi connectivity index (χ2n) is 9.32. The van der Waals surface area contributed by atoms with Crippen molar-refractivity contribution < 1.29 is 4.79 Å². The lowest BCUT2D eigenvalue weighted by molar-refractivity contribution is -0.120. The van der Waals surface area contributed by atoms with Crippen molar-refractivity contribution >= 4 is 11.4 Å². The van der Waals surface area contributed by atoms with Crippen molar-refractivity contribution in [1.29, 1.82) is 5.26 Å². The molecule has 1 aromatic carbocycles. The number of allylic oxidation sites excluding steroid dienone is 7. The van der Waals surface area contributed by atoms with Gasteiger partial charge in [0.05, 0.1) is 22.6 Å². The van der Waals surface area contributed by atoms with Crippen molar-refractivity contribution in [1.82, 2.24) is 14.8 Å². The van der Waals surface area contributed by atoms with Gasteiger partial charge in [0.25, 0.3) is 0 Å². The molecule has 0 N–H and O–H groups in total. The summed E-state index contributed by atoms with van der Waals surface area (Å²) in [6, 6.07) is 14.5. The summed E-state index contributed by atoms with van der Waals surface area (Å²) in [7, 11) is 0. The average molecular weight is 473 g/mol. The maximum Gasteiger partial charge on any atom is 0.176 e. The number of nitrogens with zero attached hydrogens (tertiary/aromatic N) is 4. The van der Waals surface area contributed by atoms with E-state index in [2.05, 4.69) is 54.0 Å². The van der Waals surface area contributed by atoms with Crippen LogP contribution in [0.2, 0.25) is 0 Å². The Kier molecular flexibility index (Phi) is 6.35. The molecule has 0 radical (unpaired) electrons. The van der Waals surface area contributed by atoms with Crippen molar-refractivity contribution in [3.05, 3.63) is 108 Å². The predicted molar refractivity (Wildman–Crippen MR) is 142 cm³/mol. The van der Waals surface area contributed by atoms with Crippen molar-refractivity contribution in [2.45, 2.75) is 32.6 Å². The van der Waals surface area contributed by atoms with Crippen LogP contribution in [0.1, 0.15) is 43.0 Å². The van der Waals surface area contributed by atoms with E-state index in [9.17, 15) is 10.1 Å². The first-order valence-electron chi connectivity index (χ1n) is 12.3. The fraction of sp³-hybridized carbons (Fsp3) is 0.226. The Labute approximate surface area is 211 Å². The molecule has 3 aromatic rings. The molecule has 0 spiro atoms. The van der Waals surface area contributed by atoms with E-state index >= 15 is 0 Å². The molecule has 0 bridgehead atoms. The van der Waals surface area contributed by atoms with Gasteiger partial charge in [-0.15, -0.1) is 0 Å². The van der Waals surface area contributed by atoms with Gasteiger partial charge in [-0.1, -0.05) is 56.0 Å². The molecule has 3 atom stereocenters. The largest absolute Gasteiger partial charge is 0.293 e. The fourth-order valence-corrected chi connectivity index (χ4v) is 5.54. The van der Waals surface area contributed by atoms with Gasteiger partial charge in [0.2, 0.25) is 0 Å². The quantitative estimate of drug-likeness (QED) is 0.403. The minimum atomic E-state index is -0.183. The number of carbonyl (C=O) groups excluding carboxylic acids is 1. The molecule has 0 amide bonds.